The number of nitrogens with zero attached hydrogens (tertiary/aromatic N) is 1. The van der Waals surface area contributed by atoms with Crippen LogP contribution in [0.5, 0.6) is 0 Å². The minimum absolute atomic E-state index is 0.185. The Morgan fingerprint density at radius 2 is 1.81 bits per heavy atom. The van der Waals surface area contributed by atoms with Gasteiger partial charge in [0.05, 0.1) is 4.90 Å². The van der Waals surface area contributed by atoms with Crippen molar-refractivity contribution in [3.8, 4) is 0 Å². The van der Waals surface area contributed by atoms with E-state index in [-0.39, 0.29) is 10.8 Å². The standard InChI is InChI=1S/C15H16N2O3S/c1-3-12-5-4-6-14(16-12)17-15(18)11-7-9-13(10-8-11)21(2,19)20/h4-10H,3H2,1-2H3,(H,16,17,18). The van der Waals surface area contributed by atoms with Gasteiger partial charge in [-0.15, -0.1) is 0 Å². The molecule has 6 heteroatoms. The number of aromatic nitrogens is 1. The highest BCUT2D eigenvalue weighted by Crippen LogP contribution is 2.12. The highest BCUT2D eigenvalue weighted by atomic mass is 32.2. The number of anilines is 1. The maximum atomic E-state index is 12.1. The normalized spacial score (nSPS) is 11.1. The topological polar surface area (TPSA) is 76.1 Å². The highest BCUT2D eigenvalue weighted by molar-refractivity contribution is 7.90. The molecular formula is C15H16N2O3S. The summed E-state index contributed by atoms with van der Waals surface area (Å²) in [5.41, 5.74) is 1.27. The van der Waals surface area contributed by atoms with Gasteiger partial charge in [-0.1, -0.05) is 13.0 Å². The molecular weight excluding hydrogens is 288 g/mol. The van der Waals surface area contributed by atoms with Gasteiger partial charge in [-0.2, -0.15) is 0 Å². The minimum atomic E-state index is -3.26. The molecule has 0 bridgehead atoms. The van der Waals surface area contributed by atoms with E-state index in [1.54, 1.807) is 6.07 Å². The molecule has 0 unspecified atom stereocenters. The summed E-state index contributed by atoms with van der Waals surface area (Å²) in [4.78, 5) is 16.5. The van der Waals surface area contributed by atoms with Crippen LogP contribution in [0.25, 0.3) is 0 Å². The molecule has 0 spiro atoms. The van der Waals surface area contributed by atoms with Crippen molar-refractivity contribution >= 4 is 21.6 Å². The number of carbonyl (C=O) groups is 1. The fraction of sp³-hybridized carbons (Fsp3) is 0.200. The first-order valence-corrected chi connectivity index (χ1v) is 8.36. The van der Waals surface area contributed by atoms with Crippen LogP contribution in [-0.2, 0) is 16.3 Å². The van der Waals surface area contributed by atoms with Gasteiger partial charge in [0, 0.05) is 17.5 Å². The predicted molar refractivity (Wildman–Crippen MR) is 81.1 cm³/mol. The average molecular weight is 304 g/mol. The summed E-state index contributed by atoms with van der Waals surface area (Å²) >= 11 is 0. The molecule has 0 radical (unpaired) electrons. The molecule has 110 valence electrons. The Hall–Kier alpha value is -2.21. The molecule has 0 aliphatic carbocycles. The molecule has 5 nitrogen and oxygen atoms in total. The van der Waals surface area contributed by atoms with E-state index >= 15 is 0 Å². The van der Waals surface area contributed by atoms with Crippen molar-refractivity contribution in [3.63, 3.8) is 0 Å². The molecule has 0 atom stereocenters. The van der Waals surface area contributed by atoms with Crippen LogP contribution in [-0.4, -0.2) is 25.6 Å². The van der Waals surface area contributed by atoms with E-state index in [1.165, 1.54) is 24.3 Å². The van der Waals surface area contributed by atoms with Crippen molar-refractivity contribution < 1.29 is 13.2 Å². The number of hydrogen-bond donors (Lipinski definition) is 1. The van der Waals surface area contributed by atoms with Crippen LogP contribution in [0.2, 0.25) is 0 Å². The quantitative estimate of drug-likeness (QED) is 0.940. The SMILES string of the molecule is CCc1cccc(NC(=O)c2ccc(S(C)(=O)=O)cc2)n1. The van der Waals surface area contributed by atoms with E-state index < -0.39 is 9.84 Å². The van der Waals surface area contributed by atoms with Crippen LogP contribution in [0.1, 0.15) is 23.0 Å². The van der Waals surface area contributed by atoms with E-state index in [9.17, 15) is 13.2 Å². The second-order valence-corrected chi connectivity index (χ2v) is 6.63. The number of carbonyl (C=O) groups excluding carboxylic acids is 1. The van der Waals surface area contributed by atoms with Gasteiger partial charge in [-0.3, -0.25) is 4.79 Å². The molecule has 0 aliphatic heterocycles. The molecule has 1 aromatic heterocycles. The molecule has 0 saturated heterocycles. The number of aryl methyl sites for hydroxylation is 1. The zero-order valence-electron chi connectivity index (χ0n) is 11.8. The molecule has 1 heterocycles. The average Bonchev–Trinajstić information content (AvgIpc) is 2.46. The Labute approximate surface area is 124 Å². The van der Waals surface area contributed by atoms with Crippen LogP contribution >= 0.6 is 0 Å². The smallest absolute Gasteiger partial charge is 0.256 e. The van der Waals surface area contributed by atoms with Crippen molar-refractivity contribution in [3.05, 3.63) is 53.7 Å². The summed E-state index contributed by atoms with van der Waals surface area (Å²) in [6.07, 6.45) is 1.91. The summed E-state index contributed by atoms with van der Waals surface area (Å²) in [5, 5.41) is 2.69. The van der Waals surface area contributed by atoms with Crippen molar-refractivity contribution in [1.29, 1.82) is 0 Å². The number of rotatable bonds is 4. The Balaban J connectivity index is 2.16. The maximum Gasteiger partial charge on any atom is 0.256 e. The van der Waals surface area contributed by atoms with Crippen molar-refractivity contribution in [1.82, 2.24) is 4.98 Å². The fourth-order valence-corrected chi connectivity index (χ4v) is 2.42. The Morgan fingerprint density at radius 1 is 1.14 bits per heavy atom. The molecule has 0 aliphatic rings. The Morgan fingerprint density at radius 3 is 2.38 bits per heavy atom. The van der Waals surface area contributed by atoms with E-state index in [4.69, 9.17) is 0 Å². The second kappa shape index (κ2) is 6.05. The molecule has 0 saturated carbocycles. The molecule has 1 amide bonds. The van der Waals surface area contributed by atoms with Crippen LogP contribution in [0, 0.1) is 0 Å². The largest absolute Gasteiger partial charge is 0.307 e. The second-order valence-electron chi connectivity index (χ2n) is 4.62. The summed E-state index contributed by atoms with van der Waals surface area (Å²) in [5.74, 6) is 0.155. The zero-order chi connectivity index (χ0) is 15.5. The van der Waals surface area contributed by atoms with Gasteiger partial charge < -0.3 is 5.32 Å². The van der Waals surface area contributed by atoms with E-state index in [1.807, 2.05) is 19.1 Å². The van der Waals surface area contributed by atoms with Crippen molar-refractivity contribution in [2.24, 2.45) is 0 Å². The number of nitrogens with one attached hydrogen (secondary N) is 1. The number of amides is 1. The number of pyridine rings is 1. The monoisotopic (exact) mass is 304 g/mol. The third kappa shape index (κ3) is 3.88. The lowest BCUT2D eigenvalue weighted by Crippen LogP contribution is -2.13. The third-order valence-corrected chi connectivity index (χ3v) is 4.08. The molecule has 2 rings (SSSR count). The van der Waals surface area contributed by atoms with Gasteiger partial charge in [0.2, 0.25) is 0 Å². The third-order valence-electron chi connectivity index (χ3n) is 2.96. The van der Waals surface area contributed by atoms with Crippen LogP contribution in [0.3, 0.4) is 0 Å². The first kappa shape index (κ1) is 15.2. The Kier molecular flexibility index (Phi) is 4.37. The van der Waals surface area contributed by atoms with Crippen LogP contribution < -0.4 is 5.32 Å². The molecule has 2 aromatic rings. The first-order valence-electron chi connectivity index (χ1n) is 6.47. The molecule has 1 N–H and O–H groups in total. The van der Waals surface area contributed by atoms with Crippen molar-refractivity contribution in [2.45, 2.75) is 18.2 Å². The zero-order valence-corrected chi connectivity index (χ0v) is 12.6. The summed E-state index contributed by atoms with van der Waals surface area (Å²) < 4.78 is 22.7. The predicted octanol–water partition coefficient (Wildman–Crippen LogP) is 2.30. The lowest BCUT2D eigenvalue weighted by Gasteiger charge is -2.06. The van der Waals surface area contributed by atoms with Crippen LogP contribution in [0.4, 0.5) is 5.82 Å². The first-order chi connectivity index (χ1) is 9.90. The summed E-state index contributed by atoms with van der Waals surface area (Å²) in [7, 11) is -3.26. The lowest BCUT2D eigenvalue weighted by atomic mass is 10.2. The van der Waals surface area contributed by atoms with Gasteiger partial charge in [0.25, 0.3) is 5.91 Å². The maximum absolute atomic E-state index is 12.1. The van der Waals surface area contributed by atoms with Crippen molar-refractivity contribution in [2.75, 3.05) is 11.6 Å². The van der Waals surface area contributed by atoms with Gasteiger partial charge in [-0.25, -0.2) is 13.4 Å². The summed E-state index contributed by atoms with van der Waals surface area (Å²) in [6.45, 7) is 1.98. The molecule has 1 aromatic carbocycles. The van der Waals surface area contributed by atoms with Gasteiger partial charge in [0.15, 0.2) is 9.84 Å². The lowest BCUT2D eigenvalue weighted by molar-refractivity contribution is 0.102. The molecule has 21 heavy (non-hydrogen) atoms. The van der Waals surface area contributed by atoms with Crippen LogP contribution in [0.15, 0.2) is 47.4 Å². The minimum Gasteiger partial charge on any atom is -0.307 e. The van der Waals surface area contributed by atoms with E-state index in [0.717, 1.165) is 18.4 Å². The number of benzene rings is 1. The van der Waals surface area contributed by atoms with E-state index in [0.29, 0.717) is 11.4 Å². The number of sulfone groups is 1. The molecule has 0 fully saturated rings. The fourth-order valence-electron chi connectivity index (χ4n) is 1.79. The van der Waals surface area contributed by atoms with Gasteiger partial charge in [-0.05, 0) is 42.8 Å². The highest BCUT2D eigenvalue weighted by Gasteiger charge is 2.10. The Bertz CT molecular complexity index is 753. The van der Waals surface area contributed by atoms with Gasteiger partial charge in [0.1, 0.15) is 5.82 Å². The summed E-state index contributed by atoms with van der Waals surface area (Å²) in [6, 6.07) is 11.2. The number of hydrogen-bond acceptors (Lipinski definition) is 4. The van der Waals surface area contributed by atoms with E-state index in [2.05, 4.69) is 10.3 Å². The van der Waals surface area contributed by atoms with Gasteiger partial charge >= 0.3 is 0 Å².